The van der Waals surface area contributed by atoms with Crippen LogP contribution in [0.2, 0.25) is 0 Å². The number of fused-ring (bicyclic) bond motifs is 1. The van der Waals surface area contributed by atoms with Crippen molar-refractivity contribution in [1.29, 1.82) is 5.26 Å². The number of nitriles is 1. The molecule has 0 spiro atoms. The van der Waals surface area contributed by atoms with E-state index in [-0.39, 0.29) is 6.61 Å². The highest BCUT2D eigenvalue weighted by Gasteiger charge is 2.36. The number of anilines is 3. The predicted octanol–water partition coefficient (Wildman–Crippen LogP) is 3.42. The van der Waals surface area contributed by atoms with Gasteiger partial charge < -0.3 is 25.2 Å². The van der Waals surface area contributed by atoms with Gasteiger partial charge in [-0.25, -0.2) is 15.0 Å². The second-order valence-electron chi connectivity index (χ2n) is 8.48. The van der Waals surface area contributed by atoms with Gasteiger partial charge in [-0.15, -0.1) is 0 Å². The molecular weight excluding hydrogens is 432 g/mol. The molecule has 0 saturated heterocycles. The van der Waals surface area contributed by atoms with Crippen LogP contribution in [0.1, 0.15) is 30.2 Å². The quantitative estimate of drug-likeness (QED) is 0.412. The molecule has 3 aromatic rings. The van der Waals surface area contributed by atoms with E-state index in [1.165, 1.54) is 0 Å². The van der Waals surface area contributed by atoms with E-state index in [1.807, 2.05) is 25.1 Å². The van der Waals surface area contributed by atoms with Crippen molar-refractivity contribution in [3.05, 3.63) is 53.3 Å². The van der Waals surface area contributed by atoms with Crippen molar-refractivity contribution in [2.75, 3.05) is 44.6 Å². The summed E-state index contributed by atoms with van der Waals surface area (Å²) in [7, 11) is 3.26. The van der Waals surface area contributed by atoms with Gasteiger partial charge in [0.25, 0.3) is 0 Å². The van der Waals surface area contributed by atoms with Gasteiger partial charge in [0.2, 0.25) is 11.8 Å². The Morgan fingerprint density at radius 1 is 1.24 bits per heavy atom. The predicted molar refractivity (Wildman–Crippen MR) is 129 cm³/mol. The molecule has 1 aliphatic rings. The molecule has 4 rings (SSSR count). The number of aryl methyl sites for hydroxylation is 1. The molecule has 9 heteroatoms. The number of pyridine rings is 1. The molecule has 0 saturated carbocycles. The summed E-state index contributed by atoms with van der Waals surface area (Å²) in [6, 6.07) is 11.7. The molecule has 0 amide bonds. The number of methoxy groups -OCH3 is 2. The van der Waals surface area contributed by atoms with E-state index < -0.39 is 5.41 Å². The Labute approximate surface area is 198 Å². The fraction of sp³-hybridized carbons (Fsp3) is 0.360. The van der Waals surface area contributed by atoms with Gasteiger partial charge in [0.15, 0.2) is 0 Å². The highest BCUT2D eigenvalue weighted by atomic mass is 16.5. The molecule has 2 aromatic heterocycles. The Bertz CT molecular complexity index is 1230. The van der Waals surface area contributed by atoms with Crippen LogP contribution in [0.5, 0.6) is 5.88 Å². The van der Waals surface area contributed by atoms with E-state index in [0.717, 1.165) is 35.3 Å². The van der Waals surface area contributed by atoms with Gasteiger partial charge >= 0.3 is 0 Å². The molecule has 176 valence electrons. The second kappa shape index (κ2) is 10.0. The van der Waals surface area contributed by atoms with Gasteiger partial charge in [-0.1, -0.05) is 6.92 Å². The summed E-state index contributed by atoms with van der Waals surface area (Å²) in [4.78, 5) is 13.6. The van der Waals surface area contributed by atoms with Crippen LogP contribution in [0.15, 0.2) is 36.5 Å². The van der Waals surface area contributed by atoms with Crippen molar-refractivity contribution in [3.8, 4) is 23.2 Å². The zero-order valence-electron chi connectivity index (χ0n) is 19.6. The molecule has 0 bridgehead atoms. The third-order valence-corrected chi connectivity index (χ3v) is 6.00. The van der Waals surface area contributed by atoms with Crippen molar-refractivity contribution < 1.29 is 14.6 Å². The fourth-order valence-corrected chi connectivity index (χ4v) is 4.03. The van der Waals surface area contributed by atoms with E-state index in [9.17, 15) is 10.4 Å². The molecule has 0 fully saturated rings. The van der Waals surface area contributed by atoms with Crippen molar-refractivity contribution in [3.63, 3.8) is 0 Å². The van der Waals surface area contributed by atoms with Gasteiger partial charge in [0.1, 0.15) is 11.8 Å². The first-order chi connectivity index (χ1) is 16.5. The monoisotopic (exact) mass is 460 g/mol. The number of rotatable bonds is 9. The molecule has 0 radical (unpaired) electrons. The molecule has 1 atom stereocenters. The summed E-state index contributed by atoms with van der Waals surface area (Å²) in [5, 5.41) is 26.1. The number of nitrogens with one attached hydrogen (secondary N) is 2. The molecule has 1 aromatic carbocycles. The van der Waals surface area contributed by atoms with Crippen LogP contribution in [-0.2, 0) is 16.6 Å². The van der Waals surface area contributed by atoms with Gasteiger partial charge in [0.05, 0.1) is 30.7 Å². The van der Waals surface area contributed by atoms with Crippen molar-refractivity contribution in [1.82, 2.24) is 15.0 Å². The molecule has 9 nitrogen and oxygen atoms in total. The van der Waals surface area contributed by atoms with Crippen molar-refractivity contribution in [2.24, 2.45) is 0 Å². The molecule has 0 unspecified atom stereocenters. The number of aliphatic hydroxyl groups is 1. The average Bonchev–Trinajstić information content (AvgIpc) is 3.21. The van der Waals surface area contributed by atoms with Gasteiger partial charge in [-0.3, -0.25) is 0 Å². The van der Waals surface area contributed by atoms with Crippen molar-refractivity contribution in [2.45, 2.75) is 25.2 Å². The number of aromatic nitrogens is 3. The summed E-state index contributed by atoms with van der Waals surface area (Å²) < 4.78 is 10.6. The summed E-state index contributed by atoms with van der Waals surface area (Å²) in [6.45, 7) is 3.20. The molecule has 0 aliphatic carbocycles. The first-order valence-electron chi connectivity index (χ1n) is 11.1. The Morgan fingerprint density at radius 2 is 2.09 bits per heavy atom. The topological polar surface area (TPSA) is 125 Å². The van der Waals surface area contributed by atoms with Crippen LogP contribution in [0.25, 0.3) is 11.3 Å². The minimum absolute atomic E-state index is 0.0217. The molecule has 3 heterocycles. The highest BCUT2D eigenvalue weighted by Crippen LogP contribution is 2.41. The number of hydrogen-bond acceptors (Lipinski definition) is 9. The van der Waals surface area contributed by atoms with Crippen LogP contribution >= 0.6 is 0 Å². The number of benzene rings is 1. The highest BCUT2D eigenvalue weighted by molar-refractivity contribution is 5.76. The summed E-state index contributed by atoms with van der Waals surface area (Å²) in [5.41, 5.74) is 4.75. The first-order valence-corrected chi connectivity index (χ1v) is 11.1. The minimum Gasteiger partial charge on any atom is -0.480 e. The number of hydrogen-bond donors (Lipinski definition) is 3. The number of nitrogens with zero attached hydrogens (tertiary/aromatic N) is 4. The maximum absolute atomic E-state index is 9.95. The zero-order chi connectivity index (χ0) is 24.1. The lowest BCUT2D eigenvalue weighted by Crippen LogP contribution is -2.28. The summed E-state index contributed by atoms with van der Waals surface area (Å²) in [5.74, 6) is 0.838. The van der Waals surface area contributed by atoms with E-state index in [4.69, 9.17) is 9.47 Å². The third-order valence-electron chi connectivity index (χ3n) is 6.00. The summed E-state index contributed by atoms with van der Waals surface area (Å²) >= 11 is 0. The Balaban J connectivity index is 1.63. The lowest BCUT2D eigenvalue weighted by molar-refractivity contribution is 0.195. The van der Waals surface area contributed by atoms with Crippen LogP contribution in [0, 0.1) is 11.3 Å². The van der Waals surface area contributed by atoms with E-state index in [1.54, 1.807) is 32.5 Å². The minimum atomic E-state index is -0.463. The van der Waals surface area contributed by atoms with Gasteiger partial charge in [-0.2, -0.15) is 5.26 Å². The molecule has 1 aliphatic heterocycles. The summed E-state index contributed by atoms with van der Waals surface area (Å²) in [6.07, 6.45) is 3.32. The number of ether oxygens (including phenoxy) is 2. The first kappa shape index (κ1) is 23.4. The van der Waals surface area contributed by atoms with Gasteiger partial charge in [-0.05, 0) is 48.7 Å². The van der Waals surface area contributed by atoms with Crippen LogP contribution in [0.3, 0.4) is 0 Å². The zero-order valence-corrected chi connectivity index (χ0v) is 19.6. The maximum atomic E-state index is 9.95. The van der Waals surface area contributed by atoms with E-state index >= 15 is 0 Å². The van der Waals surface area contributed by atoms with Crippen LogP contribution in [-0.4, -0.2) is 54.0 Å². The molecule has 34 heavy (non-hydrogen) atoms. The SMILES string of the molecule is COCCCc1ccc(Nc2nccc(-c3cc(C#N)c4c(c3)[C@@](C)(CO)CN4)n2)c(OC)n1. The Hall–Kier alpha value is -3.74. The standard InChI is InChI=1S/C25H28N6O3/c1-25(15-32)14-28-22-17(13-26)11-16(12-19(22)25)20-8-9-27-24(30-20)31-21-7-6-18(5-4-10-33-2)29-23(21)34-3/h6-9,11-12,28,32H,4-5,10,14-15H2,1-3H3,(H,27,30,31)/t25-/m1/s1. The van der Waals surface area contributed by atoms with Crippen LogP contribution in [0.4, 0.5) is 17.3 Å². The average molecular weight is 461 g/mol. The second-order valence-corrected chi connectivity index (χ2v) is 8.48. The fourth-order valence-electron chi connectivity index (χ4n) is 4.03. The molecule has 3 N–H and O–H groups in total. The Morgan fingerprint density at radius 3 is 2.82 bits per heavy atom. The van der Waals surface area contributed by atoms with Crippen LogP contribution < -0.4 is 15.4 Å². The smallest absolute Gasteiger partial charge is 0.237 e. The molecular formula is C25H28N6O3. The largest absolute Gasteiger partial charge is 0.480 e. The lowest BCUT2D eigenvalue weighted by atomic mass is 9.83. The van der Waals surface area contributed by atoms with Crippen molar-refractivity contribution >= 4 is 17.3 Å². The third kappa shape index (κ3) is 4.64. The van der Waals surface area contributed by atoms with E-state index in [0.29, 0.717) is 41.9 Å². The number of aliphatic hydroxyl groups excluding tert-OH is 1. The Kier molecular flexibility index (Phi) is 6.91. The maximum Gasteiger partial charge on any atom is 0.237 e. The van der Waals surface area contributed by atoms with E-state index in [2.05, 4.69) is 31.7 Å². The lowest BCUT2D eigenvalue weighted by Gasteiger charge is -2.21. The normalized spacial score (nSPS) is 16.4. The van der Waals surface area contributed by atoms with Gasteiger partial charge in [0, 0.05) is 43.1 Å².